The second-order valence-electron chi connectivity index (χ2n) is 12.9. The first-order chi connectivity index (χ1) is 29.1. The minimum absolute atomic E-state index is 0.000589. The topological polar surface area (TPSA) is 160 Å². The monoisotopic (exact) mass is 768 g/mol. The summed E-state index contributed by atoms with van der Waals surface area (Å²) in [5, 5.41) is 64.2. The molecule has 270 valence electrons. The molecule has 0 saturated carbocycles. The molecule has 60 heavy (non-hydrogen) atoms. The molecule has 0 radical (unpaired) electrons. The Labute approximate surface area is 341 Å². The molecule has 0 bridgehead atoms. The van der Waals surface area contributed by atoms with Gasteiger partial charge >= 0.3 is 0 Å². The van der Waals surface area contributed by atoms with Gasteiger partial charge in [-0.3, -0.25) is 0 Å². The molecule has 0 N–H and O–H groups in total. The Bertz CT molecular complexity index is 3140. The van der Waals surface area contributed by atoms with Crippen molar-refractivity contribution in [3.8, 4) is 36.4 Å². The zero-order valence-corrected chi connectivity index (χ0v) is 30.3. The number of allylic oxidation sites excluding steroid dienone is 6. The van der Waals surface area contributed by atoms with Crippen molar-refractivity contribution in [3.05, 3.63) is 209 Å². The molecule has 0 aromatic heterocycles. The summed E-state index contributed by atoms with van der Waals surface area (Å²) < 4.78 is 28.9. The van der Waals surface area contributed by atoms with Gasteiger partial charge in [-0.2, -0.15) is 31.6 Å². The number of nitriles is 6. The van der Waals surface area contributed by atoms with E-state index in [1.807, 2.05) is 12.1 Å². The maximum Gasteiger partial charge on any atom is 0.204 e. The number of halogens is 2. The second-order valence-corrected chi connectivity index (χ2v) is 12.9. The van der Waals surface area contributed by atoms with Crippen LogP contribution < -0.4 is 0 Å². The van der Waals surface area contributed by atoms with Crippen molar-refractivity contribution in [1.82, 2.24) is 0 Å². The fraction of sp³-hybridized carbons (Fsp3) is 0. The molecule has 2 aliphatic carbocycles. The van der Waals surface area contributed by atoms with Crippen LogP contribution in [-0.4, -0.2) is 0 Å². The average molecular weight is 769 g/mol. The Balaban J connectivity index is 1.79. The van der Waals surface area contributed by atoms with Crippen LogP contribution in [0.5, 0.6) is 0 Å². The maximum absolute atomic E-state index is 14.4. The molecule has 10 nitrogen and oxygen atoms in total. The van der Waals surface area contributed by atoms with E-state index >= 15 is 0 Å². The van der Waals surface area contributed by atoms with Crippen LogP contribution in [0.25, 0.3) is 64.2 Å². The predicted molar refractivity (Wildman–Crippen MR) is 215 cm³/mol. The molecule has 0 heterocycles. The van der Waals surface area contributed by atoms with E-state index in [1.54, 1.807) is 0 Å². The van der Waals surface area contributed by atoms with E-state index in [4.69, 9.17) is 26.3 Å². The number of benzene rings is 5. The summed E-state index contributed by atoms with van der Waals surface area (Å²) in [6, 6.07) is 30.2. The molecule has 0 amide bonds. The Kier molecular flexibility index (Phi) is 9.63. The minimum atomic E-state index is -0.637. The van der Waals surface area contributed by atoms with Crippen LogP contribution >= 0.6 is 0 Å². The lowest BCUT2D eigenvalue weighted by molar-refractivity contribution is 0.627. The van der Waals surface area contributed by atoms with Gasteiger partial charge in [0.1, 0.15) is 29.8 Å². The highest BCUT2D eigenvalue weighted by Crippen LogP contribution is 2.59. The zero-order valence-electron chi connectivity index (χ0n) is 30.3. The molecule has 7 rings (SSSR count). The van der Waals surface area contributed by atoms with Gasteiger partial charge in [-0.1, -0.05) is 42.5 Å². The van der Waals surface area contributed by atoms with Crippen molar-refractivity contribution >= 4 is 56.2 Å². The molecule has 5 aromatic rings. The van der Waals surface area contributed by atoms with E-state index in [1.165, 1.54) is 60.7 Å². The van der Waals surface area contributed by atoms with Crippen molar-refractivity contribution in [3.63, 3.8) is 0 Å². The Hall–Kier alpha value is -10.2. The highest BCUT2D eigenvalue weighted by molar-refractivity contribution is 6.35. The van der Waals surface area contributed by atoms with Crippen LogP contribution in [0.15, 0.2) is 84.9 Å². The van der Waals surface area contributed by atoms with E-state index in [0.717, 1.165) is 24.3 Å². The highest BCUT2D eigenvalue weighted by Gasteiger charge is 2.43. The number of nitrogens with zero attached hydrogens (tertiary/aromatic N) is 10. The third-order valence-electron chi connectivity index (χ3n) is 9.81. The van der Waals surface area contributed by atoms with Gasteiger partial charge in [0.05, 0.1) is 77.9 Å². The largest absolute Gasteiger partial charge is 0.239 e. The molecule has 5 aromatic carbocycles. The molecule has 0 unspecified atom stereocenters. The van der Waals surface area contributed by atoms with Crippen LogP contribution in [0.1, 0.15) is 66.8 Å². The molecule has 2 aliphatic rings. The van der Waals surface area contributed by atoms with Gasteiger partial charge in [0.2, 0.25) is 11.4 Å². The van der Waals surface area contributed by atoms with E-state index in [2.05, 4.69) is 43.7 Å². The van der Waals surface area contributed by atoms with Crippen molar-refractivity contribution in [1.29, 1.82) is 31.6 Å². The van der Waals surface area contributed by atoms with Gasteiger partial charge in [-0.15, -0.1) is 0 Å². The summed E-state index contributed by atoms with van der Waals surface area (Å²) >= 11 is 0. The molecular formula is C48H14F2N10. The zero-order chi connectivity index (χ0) is 42.8. The first kappa shape index (κ1) is 38.1. The molecule has 12 heteroatoms. The van der Waals surface area contributed by atoms with Crippen molar-refractivity contribution in [2.45, 2.75) is 0 Å². The van der Waals surface area contributed by atoms with Crippen molar-refractivity contribution in [2.75, 3.05) is 0 Å². The lowest BCUT2D eigenvalue weighted by Gasteiger charge is -2.19. The summed E-state index contributed by atoms with van der Waals surface area (Å²) in [4.78, 5) is 14.5. The minimum Gasteiger partial charge on any atom is -0.239 e. The fourth-order valence-corrected chi connectivity index (χ4v) is 7.51. The first-order valence-corrected chi connectivity index (χ1v) is 17.1. The summed E-state index contributed by atoms with van der Waals surface area (Å²) in [5.74, 6) is -1.27. The number of hydrogen-bond acceptors (Lipinski definition) is 6. The molecule has 0 fully saturated rings. The maximum atomic E-state index is 14.4. The lowest BCUT2D eigenvalue weighted by atomic mass is 9.81. The van der Waals surface area contributed by atoms with Crippen molar-refractivity contribution < 1.29 is 8.78 Å². The molecule has 0 spiro atoms. The van der Waals surface area contributed by atoms with Crippen LogP contribution in [-0.2, 0) is 0 Å². The van der Waals surface area contributed by atoms with E-state index < -0.39 is 11.6 Å². The first-order valence-electron chi connectivity index (χ1n) is 17.1. The number of rotatable bonds is 4. The predicted octanol–water partition coefficient (Wildman–Crippen LogP) is 11.0. The van der Waals surface area contributed by atoms with Crippen LogP contribution in [0, 0.1) is 106 Å². The molecule has 0 atom stereocenters. The van der Waals surface area contributed by atoms with Gasteiger partial charge in [0.25, 0.3) is 0 Å². The van der Waals surface area contributed by atoms with Crippen molar-refractivity contribution in [2.24, 2.45) is 0 Å². The van der Waals surface area contributed by atoms with Crippen LogP contribution in [0.3, 0.4) is 0 Å². The van der Waals surface area contributed by atoms with Gasteiger partial charge in [0, 0.05) is 16.7 Å². The standard InChI is InChI=1S/C48H14F2N10/c1-57-33-16-29(17-34(18-33)58-2)35(21-53)42-40(28-7-11-32(50)12-8-28)48(60-4)45-37(23-55)41-36(22-54)39(27-5-9-31(49)10-6-27)46(43(41)38(24-56)44(42)45)47(59-3)30-14-25(19-51)13-26(15-30)20-52/h5-18H/b42-35+,47-46-. The second kappa shape index (κ2) is 15.2. The molecule has 0 saturated heterocycles. The van der Waals surface area contributed by atoms with Crippen LogP contribution in [0.4, 0.5) is 20.2 Å². The normalized spacial score (nSPS) is 13.6. The summed E-state index contributed by atoms with van der Waals surface area (Å²) in [7, 11) is 0. The lowest BCUT2D eigenvalue weighted by Crippen LogP contribution is -2.05. The number of fused-ring (bicyclic) bond motifs is 2. The Morgan fingerprint density at radius 2 is 1.02 bits per heavy atom. The van der Waals surface area contributed by atoms with E-state index in [0.29, 0.717) is 0 Å². The van der Waals surface area contributed by atoms with Gasteiger partial charge < -0.3 is 0 Å². The summed E-state index contributed by atoms with van der Waals surface area (Å²) in [5.41, 5.74) is -1.85. The highest BCUT2D eigenvalue weighted by atomic mass is 19.1. The quantitative estimate of drug-likeness (QED) is 0.131. The van der Waals surface area contributed by atoms with Gasteiger partial charge in [-0.25, -0.2) is 28.2 Å². The van der Waals surface area contributed by atoms with Gasteiger partial charge in [0.15, 0.2) is 11.4 Å². The third kappa shape index (κ3) is 5.85. The summed E-state index contributed by atoms with van der Waals surface area (Å²) in [6.45, 7) is 32.3. The Morgan fingerprint density at radius 3 is 1.47 bits per heavy atom. The average Bonchev–Trinajstić information content (AvgIpc) is 3.79. The van der Waals surface area contributed by atoms with Gasteiger partial charge in [-0.05, 0) is 92.6 Å². The number of hydrogen-bond donors (Lipinski definition) is 0. The third-order valence-corrected chi connectivity index (χ3v) is 9.81. The smallest absolute Gasteiger partial charge is 0.204 e. The Morgan fingerprint density at radius 1 is 0.500 bits per heavy atom. The fourth-order valence-electron chi connectivity index (χ4n) is 7.51. The van der Waals surface area contributed by atoms with E-state index in [9.17, 15) is 40.4 Å². The molecular weight excluding hydrogens is 755 g/mol. The summed E-state index contributed by atoms with van der Waals surface area (Å²) in [6.07, 6.45) is 0. The SMILES string of the molecule is [C-]#[N+]C1=C(c2ccc(F)cc2)/C(=C(/C#N)c2cc([N+]#[C-])cc([N+]#[C-])c2)c2c(C#N)c3c(c(C#N)c21)C(C#N)=C(c1ccc(F)cc1)/C3=C(/[N+]#[C-])c1cc(C#N)cc(C#N)c1. The van der Waals surface area contributed by atoms with E-state index in [-0.39, 0.29) is 123 Å². The molecule has 0 aliphatic heterocycles. The van der Waals surface area contributed by atoms with Crippen LogP contribution in [0.2, 0.25) is 0 Å².